The molecule has 1 N–H and O–H groups in total. The number of anilines is 1. The molecular weight excluding hydrogens is 408 g/mol. The zero-order chi connectivity index (χ0) is 21.8. The Morgan fingerprint density at radius 3 is 2.26 bits per heavy atom. The van der Waals surface area contributed by atoms with Gasteiger partial charge in [0.25, 0.3) is 5.91 Å². The van der Waals surface area contributed by atoms with Gasteiger partial charge in [-0.2, -0.15) is 5.26 Å². The van der Waals surface area contributed by atoms with Crippen molar-refractivity contribution in [2.24, 2.45) is 0 Å². The topological polar surface area (TPSA) is 70.0 Å². The van der Waals surface area contributed by atoms with Crippen LogP contribution < -0.4 is 5.32 Å². The molecule has 5 heteroatoms. The van der Waals surface area contributed by atoms with Gasteiger partial charge in [-0.3, -0.25) is 9.59 Å². The fourth-order valence-electron chi connectivity index (χ4n) is 4.05. The standard InChI is InChI=1S/C26H21ClN2O2/c27-22-4-1-3-20(15-22)25(31)29-23-11-9-21(10-12-23)26(13-2-14-26)16-24(30)19-7-5-18(17-28)6-8-19/h1,3-12,15H,2,13-14,16H2,(H,29,31). The molecule has 3 aromatic carbocycles. The molecule has 0 bridgehead atoms. The van der Waals surface area contributed by atoms with Crippen LogP contribution in [0, 0.1) is 11.3 Å². The number of amides is 1. The predicted molar refractivity (Wildman–Crippen MR) is 121 cm³/mol. The van der Waals surface area contributed by atoms with Crippen LogP contribution in [0.5, 0.6) is 0 Å². The molecule has 4 nitrogen and oxygen atoms in total. The minimum absolute atomic E-state index is 0.0857. The Morgan fingerprint density at radius 1 is 0.968 bits per heavy atom. The zero-order valence-corrected chi connectivity index (χ0v) is 17.7. The minimum Gasteiger partial charge on any atom is -0.322 e. The van der Waals surface area contributed by atoms with Gasteiger partial charge in [-0.25, -0.2) is 0 Å². The lowest BCUT2D eigenvalue weighted by atomic mass is 9.61. The van der Waals surface area contributed by atoms with Crippen LogP contribution in [0.4, 0.5) is 5.69 Å². The Morgan fingerprint density at radius 2 is 1.68 bits per heavy atom. The number of ketones is 1. The molecule has 1 amide bonds. The van der Waals surface area contributed by atoms with Gasteiger partial charge < -0.3 is 5.32 Å². The molecule has 31 heavy (non-hydrogen) atoms. The van der Waals surface area contributed by atoms with E-state index in [-0.39, 0.29) is 17.1 Å². The van der Waals surface area contributed by atoms with Crippen LogP contribution in [0.3, 0.4) is 0 Å². The monoisotopic (exact) mass is 428 g/mol. The normalized spacial score (nSPS) is 14.2. The van der Waals surface area contributed by atoms with Crippen LogP contribution in [0.25, 0.3) is 0 Å². The van der Waals surface area contributed by atoms with Crippen molar-refractivity contribution in [3.8, 4) is 6.07 Å². The summed E-state index contributed by atoms with van der Waals surface area (Å²) in [7, 11) is 0. The first-order valence-electron chi connectivity index (χ1n) is 10.2. The van der Waals surface area contributed by atoms with E-state index in [9.17, 15) is 9.59 Å². The molecule has 1 saturated carbocycles. The van der Waals surface area contributed by atoms with Gasteiger partial charge >= 0.3 is 0 Å². The summed E-state index contributed by atoms with van der Waals surface area (Å²) in [5.74, 6) is -0.132. The molecule has 0 unspecified atom stereocenters. The van der Waals surface area contributed by atoms with Gasteiger partial charge in [0.2, 0.25) is 0 Å². The summed E-state index contributed by atoms with van der Waals surface area (Å²) in [5, 5.41) is 12.3. The molecule has 3 aromatic rings. The first-order valence-corrected chi connectivity index (χ1v) is 10.6. The highest BCUT2D eigenvalue weighted by Gasteiger charge is 2.40. The summed E-state index contributed by atoms with van der Waals surface area (Å²) in [6.07, 6.45) is 3.45. The number of nitrogens with zero attached hydrogens (tertiary/aromatic N) is 1. The highest BCUT2D eigenvalue weighted by molar-refractivity contribution is 6.31. The number of hydrogen-bond acceptors (Lipinski definition) is 3. The van der Waals surface area contributed by atoms with Gasteiger partial charge in [-0.15, -0.1) is 0 Å². The maximum Gasteiger partial charge on any atom is 0.255 e. The summed E-state index contributed by atoms with van der Waals surface area (Å²) in [4.78, 5) is 25.3. The molecular formula is C26H21ClN2O2. The van der Waals surface area contributed by atoms with Crippen LogP contribution in [0.2, 0.25) is 5.02 Å². The molecule has 0 aromatic heterocycles. The summed E-state index contributed by atoms with van der Waals surface area (Å²) >= 11 is 5.96. The maximum absolute atomic E-state index is 12.9. The largest absolute Gasteiger partial charge is 0.322 e. The van der Waals surface area contributed by atoms with Crippen LogP contribution >= 0.6 is 11.6 Å². The lowest BCUT2D eigenvalue weighted by Crippen LogP contribution is -2.36. The van der Waals surface area contributed by atoms with Gasteiger partial charge in [0, 0.05) is 33.7 Å². The summed E-state index contributed by atoms with van der Waals surface area (Å²) in [6, 6.07) is 23.4. The van der Waals surface area contributed by atoms with Crippen LogP contribution in [0.15, 0.2) is 72.8 Å². The summed E-state index contributed by atoms with van der Waals surface area (Å²) in [6.45, 7) is 0. The molecule has 0 saturated heterocycles. The van der Waals surface area contributed by atoms with Crippen LogP contribution in [0.1, 0.15) is 57.5 Å². The van der Waals surface area contributed by atoms with Crippen molar-refractivity contribution in [3.05, 3.63) is 100 Å². The number of nitriles is 1. The number of benzene rings is 3. The van der Waals surface area contributed by atoms with E-state index >= 15 is 0 Å². The Hall–Kier alpha value is -3.42. The Bertz CT molecular complexity index is 1160. The fourth-order valence-corrected chi connectivity index (χ4v) is 4.24. The third kappa shape index (κ3) is 4.52. The Labute approximate surface area is 186 Å². The average molecular weight is 429 g/mol. The molecule has 1 aliphatic rings. The second kappa shape index (κ2) is 8.75. The number of hydrogen-bond donors (Lipinski definition) is 1. The number of rotatable bonds is 6. The van der Waals surface area contributed by atoms with Gasteiger partial charge in [0.1, 0.15) is 0 Å². The van der Waals surface area contributed by atoms with Crippen molar-refractivity contribution in [2.75, 3.05) is 5.32 Å². The van der Waals surface area contributed by atoms with Gasteiger partial charge in [-0.1, -0.05) is 48.4 Å². The molecule has 4 rings (SSSR count). The van der Waals surface area contributed by atoms with Crippen molar-refractivity contribution >= 4 is 29.0 Å². The van der Waals surface area contributed by atoms with Crippen molar-refractivity contribution in [1.29, 1.82) is 5.26 Å². The van der Waals surface area contributed by atoms with Crippen molar-refractivity contribution in [2.45, 2.75) is 31.1 Å². The van der Waals surface area contributed by atoms with E-state index < -0.39 is 0 Å². The predicted octanol–water partition coefficient (Wildman–Crippen LogP) is 6.16. The maximum atomic E-state index is 12.9. The molecule has 0 atom stereocenters. The van der Waals surface area contributed by atoms with E-state index in [1.807, 2.05) is 24.3 Å². The zero-order valence-electron chi connectivity index (χ0n) is 16.9. The average Bonchev–Trinajstić information content (AvgIpc) is 2.77. The molecule has 0 radical (unpaired) electrons. The van der Waals surface area contributed by atoms with Crippen LogP contribution in [-0.4, -0.2) is 11.7 Å². The molecule has 0 heterocycles. The molecule has 0 aliphatic heterocycles. The Kier molecular flexibility index (Phi) is 5.88. The SMILES string of the molecule is N#Cc1ccc(C(=O)CC2(c3ccc(NC(=O)c4cccc(Cl)c4)cc3)CCC2)cc1. The molecule has 0 spiro atoms. The fraction of sp³-hybridized carbons (Fsp3) is 0.192. The molecule has 154 valence electrons. The van der Waals surface area contributed by atoms with E-state index in [0.717, 1.165) is 24.8 Å². The third-order valence-corrected chi connectivity index (χ3v) is 6.22. The number of halogens is 1. The third-order valence-electron chi connectivity index (χ3n) is 5.99. The van der Waals surface area contributed by atoms with E-state index in [4.69, 9.17) is 16.9 Å². The van der Waals surface area contributed by atoms with E-state index in [1.165, 1.54) is 0 Å². The second-order valence-electron chi connectivity index (χ2n) is 7.96. The van der Waals surface area contributed by atoms with Gasteiger partial charge in [-0.05, 0) is 60.9 Å². The number of nitrogens with one attached hydrogen (secondary N) is 1. The van der Waals surface area contributed by atoms with E-state index in [2.05, 4.69) is 11.4 Å². The lowest BCUT2D eigenvalue weighted by Gasteiger charge is -2.42. The minimum atomic E-state index is -0.218. The summed E-state index contributed by atoms with van der Waals surface area (Å²) < 4.78 is 0. The number of carbonyl (C=O) groups is 2. The number of carbonyl (C=O) groups excluding carboxylic acids is 2. The van der Waals surface area contributed by atoms with Crippen molar-refractivity contribution < 1.29 is 9.59 Å². The quantitative estimate of drug-likeness (QED) is 0.478. The van der Waals surface area contributed by atoms with E-state index in [1.54, 1.807) is 48.5 Å². The van der Waals surface area contributed by atoms with Gasteiger partial charge in [0.05, 0.1) is 11.6 Å². The lowest BCUT2D eigenvalue weighted by molar-refractivity contribution is 0.0904. The first-order chi connectivity index (χ1) is 15.0. The summed E-state index contributed by atoms with van der Waals surface area (Å²) in [5.41, 5.74) is 3.32. The van der Waals surface area contributed by atoms with E-state index in [0.29, 0.717) is 33.8 Å². The first kappa shape index (κ1) is 20.8. The second-order valence-corrected chi connectivity index (χ2v) is 8.40. The van der Waals surface area contributed by atoms with Crippen molar-refractivity contribution in [1.82, 2.24) is 0 Å². The van der Waals surface area contributed by atoms with Crippen molar-refractivity contribution in [3.63, 3.8) is 0 Å². The highest BCUT2D eigenvalue weighted by Crippen LogP contribution is 2.47. The number of Topliss-reactive ketones (excluding diaryl/α,β-unsaturated/α-hetero) is 1. The van der Waals surface area contributed by atoms with Crippen LogP contribution in [-0.2, 0) is 5.41 Å². The highest BCUT2D eigenvalue weighted by atomic mass is 35.5. The smallest absolute Gasteiger partial charge is 0.255 e. The molecule has 1 aliphatic carbocycles. The van der Waals surface area contributed by atoms with Gasteiger partial charge in [0.15, 0.2) is 5.78 Å². The Balaban J connectivity index is 1.47. The molecule has 1 fully saturated rings.